The minimum atomic E-state index is -0.355. The molecule has 0 unspecified atom stereocenters. The number of benzene rings is 1. The number of carbonyl (C=O) groups is 3. The molecule has 2 aliphatic rings. The van der Waals surface area contributed by atoms with Gasteiger partial charge in [0.2, 0.25) is 11.8 Å². The summed E-state index contributed by atoms with van der Waals surface area (Å²) >= 11 is 0. The average Bonchev–Trinajstić information content (AvgIpc) is 2.96. The SMILES string of the molecule is CC(=O)N1CCN(C(=O)CN2CCN(c3ccc(F)cc3)C2=O)CC1. The van der Waals surface area contributed by atoms with Gasteiger partial charge in [-0.25, -0.2) is 9.18 Å². The zero-order chi connectivity index (χ0) is 18.0. The molecule has 2 heterocycles. The van der Waals surface area contributed by atoms with Crippen LogP contribution in [0.2, 0.25) is 0 Å². The van der Waals surface area contributed by atoms with Crippen LogP contribution in [0.5, 0.6) is 0 Å². The minimum absolute atomic E-state index is 0.0109. The molecule has 3 rings (SSSR count). The van der Waals surface area contributed by atoms with Crippen molar-refractivity contribution in [3.63, 3.8) is 0 Å². The van der Waals surface area contributed by atoms with E-state index in [0.29, 0.717) is 45.0 Å². The molecule has 0 spiro atoms. The van der Waals surface area contributed by atoms with Crippen LogP contribution < -0.4 is 4.90 Å². The highest BCUT2D eigenvalue weighted by Gasteiger charge is 2.32. The molecule has 0 N–H and O–H groups in total. The quantitative estimate of drug-likeness (QED) is 0.810. The molecule has 1 aromatic rings. The lowest BCUT2D eigenvalue weighted by atomic mass is 10.3. The van der Waals surface area contributed by atoms with Gasteiger partial charge >= 0.3 is 6.03 Å². The Kier molecular flexibility index (Phi) is 4.87. The lowest BCUT2D eigenvalue weighted by Crippen LogP contribution is -2.52. The van der Waals surface area contributed by atoms with Crippen LogP contribution in [0.15, 0.2) is 24.3 Å². The first-order chi connectivity index (χ1) is 12.0. The van der Waals surface area contributed by atoms with Gasteiger partial charge in [-0.15, -0.1) is 0 Å². The number of rotatable bonds is 3. The second kappa shape index (κ2) is 7.08. The summed E-state index contributed by atoms with van der Waals surface area (Å²) in [5.74, 6) is -0.457. The molecule has 4 amide bonds. The highest BCUT2D eigenvalue weighted by atomic mass is 19.1. The Bertz CT molecular complexity index is 671. The summed E-state index contributed by atoms with van der Waals surface area (Å²) in [6.07, 6.45) is 0. The maximum Gasteiger partial charge on any atom is 0.325 e. The molecule has 0 saturated carbocycles. The predicted molar refractivity (Wildman–Crippen MR) is 89.5 cm³/mol. The molecule has 0 bridgehead atoms. The number of hydrogen-bond donors (Lipinski definition) is 0. The predicted octanol–water partition coefficient (Wildman–Crippen LogP) is 0.758. The summed E-state index contributed by atoms with van der Waals surface area (Å²) in [5.41, 5.74) is 0.622. The first-order valence-corrected chi connectivity index (χ1v) is 8.31. The summed E-state index contributed by atoms with van der Waals surface area (Å²) in [5, 5.41) is 0. The van der Waals surface area contributed by atoms with Gasteiger partial charge < -0.3 is 14.7 Å². The lowest BCUT2D eigenvalue weighted by molar-refractivity contribution is -0.138. The van der Waals surface area contributed by atoms with E-state index in [9.17, 15) is 18.8 Å². The second-order valence-electron chi connectivity index (χ2n) is 6.22. The van der Waals surface area contributed by atoms with Crippen molar-refractivity contribution in [3.8, 4) is 0 Å². The maximum absolute atomic E-state index is 13.0. The molecular formula is C17H21FN4O3. The molecule has 0 aromatic heterocycles. The molecule has 2 saturated heterocycles. The van der Waals surface area contributed by atoms with Gasteiger partial charge in [0.25, 0.3) is 0 Å². The van der Waals surface area contributed by atoms with Crippen LogP contribution in [-0.4, -0.2) is 78.4 Å². The highest BCUT2D eigenvalue weighted by Crippen LogP contribution is 2.20. The van der Waals surface area contributed by atoms with E-state index in [1.807, 2.05) is 0 Å². The summed E-state index contributed by atoms with van der Waals surface area (Å²) in [7, 11) is 0. The van der Waals surface area contributed by atoms with Crippen molar-refractivity contribution in [2.24, 2.45) is 0 Å². The first kappa shape index (κ1) is 17.2. The van der Waals surface area contributed by atoms with Crippen molar-refractivity contribution < 1.29 is 18.8 Å². The fourth-order valence-corrected chi connectivity index (χ4v) is 3.12. The topological polar surface area (TPSA) is 64.2 Å². The van der Waals surface area contributed by atoms with Crippen molar-refractivity contribution >= 4 is 23.5 Å². The smallest absolute Gasteiger partial charge is 0.325 e. The number of anilines is 1. The third-order valence-electron chi connectivity index (χ3n) is 4.64. The standard InChI is InChI=1S/C17H21FN4O3/c1-13(23)19-6-8-20(9-7-19)16(24)12-21-10-11-22(17(21)25)15-4-2-14(18)3-5-15/h2-5H,6-12H2,1H3. The molecule has 2 aliphatic heterocycles. The van der Waals surface area contributed by atoms with Crippen molar-refractivity contribution in [1.82, 2.24) is 14.7 Å². The number of hydrogen-bond acceptors (Lipinski definition) is 3. The molecule has 25 heavy (non-hydrogen) atoms. The van der Waals surface area contributed by atoms with Gasteiger partial charge in [0.05, 0.1) is 0 Å². The number of nitrogens with zero attached hydrogens (tertiary/aromatic N) is 4. The van der Waals surface area contributed by atoms with Gasteiger partial charge in [-0.1, -0.05) is 0 Å². The van der Waals surface area contributed by atoms with Crippen molar-refractivity contribution in [1.29, 1.82) is 0 Å². The van der Waals surface area contributed by atoms with Crippen LogP contribution in [0.3, 0.4) is 0 Å². The fourth-order valence-electron chi connectivity index (χ4n) is 3.12. The van der Waals surface area contributed by atoms with Crippen molar-refractivity contribution in [2.45, 2.75) is 6.92 Å². The van der Waals surface area contributed by atoms with E-state index in [1.54, 1.807) is 26.8 Å². The second-order valence-corrected chi connectivity index (χ2v) is 6.22. The fraction of sp³-hybridized carbons (Fsp3) is 0.471. The first-order valence-electron chi connectivity index (χ1n) is 8.31. The Morgan fingerprint density at radius 1 is 0.960 bits per heavy atom. The largest absolute Gasteiger partial charge is 0.339 e. The summed E-state index contributed by atoms with van der Waals surface area (Å²) in [6, 6.07) is 5.48. The Labute approximate surface area is 145 Å². The number of piperazine rings is 1. The summed E-state index contributed by atoms with van der Waals surface area (Å²) < 4.78 is 13.0. The molecule has 1 aromatic carbocycles. The summed E-state index contributed by atoms with van der Waals surface area (Å²) in [6.45, 7) is 4.49. The van der Waals surface area contributed by atoms with Crippen LogP contribution in [0.4, 0.5) is 14.9 Å². The van der Waals surface area contributed by atoms with E-state index in [1.165, 1.54) is 24.0 Å². The van der Waals surface area contributed by atoms with Gasteiger partial charge in [-0.3, -0.25) is 14.5 Å². The van der Waals surface area contributed by atoms with Crippen molar-refractivity contribution in [3.05, 3.63) is 30.1 Å². The molecule has 8 heteroatoms. The van der Waals surface area contributed by atoms with Crippen LogP contribution >= 0.6 is 0 Å². The zero-order valence-electron chi connectivity index (χ0n) is 14.2. The van der Waals surface area contributed by atoms with Crippen LogP contribution in [0.25, 0.3) is 0 Å². The molecule has 2 fully saturated rings. The van der Waals surface area contributed by atoms with Gasteiger partial charge in [-0.2, -0.15) is 0 Å². The highest BCUT2D eigenvalue weighted by molar-refractivity contribution is 5.96. The van der Waals surface area contributed by atoms with Crippen LogP contribution in [0.1, 0.15) is 6.92 Å². The average molecular weight is 348 g/mol. The monoisotopic (exact) mass is 348 g/mol. The third-order valence-corrected chi connectivity index (χ3v) is 4.64. The van der Waals surface area contributed by atoms with Crippen LogP contribution in [-0.2, 0) is 9.59 Å². The van der Waals surface area contributed by atoms with Gasteiger partial charge in [0.15, 0.2) is 0 Å². The van der Waals surface area contributed by atoms with E-state index >= 15 is 0 Å². The Morgan fingerprint density at radius 2 is 1.56 bits per heavy atom. The van der Waals surface area contributed by atoms with Gasteiger partial charge in [-0.05, 0) is 24.3 Å². The van der Waals surface area contributed by atoms with E-state index < -0.39 is 0 Å². The molecule has 0 atom stereocenters. The Balaban J connectivity index is 1.55. The minimum Gasteiger partial charge on any atom is -0.339 e. The zero-order valence-corrected chi connectivity index (χ0v) is 14.2. The number of halogens is 1. The van der Waals surface area contributed by atoms with Crippen LogP contribution in [0, 0.1) is 5.82 Å². The Morgan fingerprint density at radius 3 is 2.16 bits per heavy atom. The number of amides is 4. The summed E-state index contributed by atoms with van der Waals surface area (Å²) in [4.78, 5) is 42.7. The van der Waals surface area contributed by atoms with E-state index in [-0.39, 0.29) is 30.2 Å². The normalized spacial score (nSPS) is 18.1. The molecule has 7 nitrogen and oxygen atoms in total. The number of carbonyl (C=O) groups excluding carboxylic acids is 3. The third kappa shape index (κ3) is 3.72. The molecule has 134 valence electrons. The molecular weight excluding hydrogens is 327 g/mol. The maximum atomic E-state index is 13.0. The number of urea groups is 1. The lowest BCUT2D eigenvalue weighted by Gasteiger charge is -2.34. The van der Waals surface area contributed by atoms with E-state index in [4.69, 9.17) is 0 Å². The van der Waals surface area contributed by atoms with E-state index in [2.05, 4.69) is 0 Å². The molecule has 0 radical (unpaired) electrons. The van der Waals surface area contributed by atoms with E-state index in [0.717, 1.165) is 0 Å². The van der Waals surface area contributed by atoms with Crippen molar-refractivity contribution in [2.75, 3.05) is 50.7 Å². The van der Waals surface area contributed by atoms with Gasteiger partial charge in [0, 0.05) is 51.9 Å². The molecule has 0 aliphatic carbocycles. The Hall–Kier alpha value is -2.64. The van der Waals surface area contributed by atoms with Gasteiger partial charge in [0.1, 0.15) is 12.4 Å².